The van der Waals surface area contributed by atoms with E-state index in [1.54, 1.807) is 6.20 Å². The molecule has 0 aliphatic carbocycles. The van der Waals surface area contributed by atoms with Crippen LogP contribution < -0.4 is 10.6 Å². The van der Waals surface area contributed by atoms with E-state index in [1.165, 1.54) is 0 Å². The molecule has 1 aliphatic heterocycles. The van der Waals surface area contributed by atoms with Gasteiger partial charge in [-0.15, -0.1) is 0 Å². The lowest BCUT2D eigenvalue weighted by Gasteiger charge is -2.21. The van der Waals surface area contributed by atoms with Crippen LogP contribution in [0.25, 0.3) is 0 Å². The monoisotopic (exact) mass is 266 g/mol. The van der Waals surface area contributed by atoms with Crippen LogP contribution in [0.4, 0.5) is 5.82 Å². The van der Waals surface area contributed by atoms with Crippen molar-refractivity contribution in [2.45, 2.75) is 26.4 Å². The van der Waals surface area contributed by atoms with Crippen molar-refractivity contribution in [3.05, 3.63) is 17.6 Å². The molecule has 1 aliphatic rings. The van der Waals surface area contributed by atoms with E-state index in [1.807, 2.05) is 13.8 Å². The van der Waals surface area contributed by atoms with E-state index >= 15 is 0 Å². The highest BCUT2D eigenvalue weighted by molar-refractivity contribution is 7.80. The molecule has 0 aromatic carbocycles. The fourth-order valence-corrected chi connectivity index (χ4v) is 2.39. The molecule has 0 bridgehead atoms. The standard InChI is InChI=1S/C12H18N4OS/c1-7(17)9-3-4-16(6-9)12-10(11(13)18)5-14-8(2)15-12/h5,7,9,17H,3-4,6H2,1-2H3,(H2,13,18). The second kappa shape index (κ2) is 5.16. The van der Waals surface area contributed by atoms with Gasteiger partial charge in [0, 0.05) is 25.2 Å². The number of nitrogens with two attached hydrogens (primary N) is 1. The number of aliphatic hydroxyl groups is 1. The maximum atomic E-state index is 9.64. The highest BCUT2D eigenvalue weighted by Crippen LogP contribution is 2.26. The summed E-state index contributed by atoms with van der Waals surface area (Å²) in [5, 5.41) is 9.64. The Labute approximate surface area is 112 Å². The van der Waals surface area contributed by atoms with E-state index in [0.717, 1.165) is 25.3 Å². The summed E-state index contributed by atoms with van der Waals surface area (Å²) in [5.74, 6) is 1.77. The SMILES string of the molecule is Cc1ncc(C(N)=S)c(N2CCC(C(C)O)C2)n1. The van der Waals surface area contributed by atoms with Crippen molar-refractivity contribution in [1.29, 1.82) is 0 Å². The Balaban J connectivity index is 2.28. The maximum Gasteiger partial charge on any atom is 0.142 e. The molecular formula is C12H18N4OS. The lowest BCUT2D eigenvalue weighted by molar-refractivity contribution is 0.136. The average Bonchev–Trinajstić information content (AvgIpc) is 2.77. The number of anilines is 1. The zero-order chi connectivity index (χ0) is 13.3. The molecule has 0 radical (unpaired) electrons. The molecule has 0 saturated carbocycles. The number of aryl methyl sites for hydroxylation is 1. The maximum absolute atomic E-state index is 9.64. The fourth-order valence-electron chi connectivity index (χ4n) is 2.25. The summed E-state index contributed by atoms with van der Waals surface area (Å²) in [6.07, 6.45) is 2.33. The minimum atomic E-state index is -0.300. The molecule has 5 nitrogen and oxygen atoms in total. The van der Waals surface area contributed by atoms with E-state index in [4.69, 9.17) is 18.0 Å². The number of nitrogens with zero attached hydrogens (tertiary/aromatic N) is 3. The van der Waals surface area contributed by atoms with Crippen LogP contribution in [-0.4, -0.2) is 39.3 Å². The molecule has 6 heteroatoms. The van der Waals surface area contributed by atoms with Crippen molar-refractivity contribution in [2.75, 3.05) is 18.0 Å². The number of thiocarbonyl (C=S) groups is 1. The van der Waals surface area contributed by atoms with Crippen LogP contribution in [0.3, 0.4) is 0 Å². The molecular weight excluding hydrogens is 248 g/mol. The first kappa shape index (κ1) is 13.2. The smallest absolute Gasteiger partial charge is 0.142 e. The number of hydrogen-bond donors (Lipinski definition) is 2. The molecule has 2 atom stereocenters. The second-order valence-corrected chi connectivity index (χ2v) is 5.19. The second-order valence-electron chi connectivity index (χ2n) is 4.75. The third-order valence-electron chi connectivity index (χ3n) is 3.36. The Hall–Kier alpha value is -1.27. The third-order valence-corrected chi connectivity index (χ3v) is 3.58. The summed E-state index contributed by atoms with van der Waals surface area (Å²) in [4.78, 5) is 11.0. The molecule has 2 rings (SSSR count). The molecule has 18 heavy (non-hydrogen) atoms. The van der Waals surface area contributed by atoms with E-state index in [-0.39, 0.29) is 12.0 Å². The normalized spacial score (nSPS) is 21.1. The first-order chi connectivity index (χ1) is 8.49. The number of aromatic nitrogens is 2. The zero-order valence-electron chi connectivity index (χ0n) is 10.6. The van der Waals surface area contributed by atoms with Crippen molar-refractivity contribution in [2.24, 2.45) is 11.7 Å². The molecule has 2 unspecified atom stereocenters. The molecule has 0 amide bonds. The van der Waals surface area contributed by atoms with Crippen molar-refractivity contribution in [3.8, 4) is 0 Å². The fraction of sp³-hybridized carbons (Fsp3) is 0.583. The summed E-state index contributed by atoms with van der Waals surface area (Å²) >= 11 is 5.03. The van der Waals surface area contributed by atoms with Crippen LogP contribution in [0.15, 0.2) is 6.20 Å². The van der Waals surface area contributed by atoms with Crippen molar-refractivity contribution in [3.63, 3.8) is 0 Å². The predicted molar refractivity (Wildman–Crippen MR) is 74.7 cm³/mol. The Bertz CT molecular complexity index is 463. The summed E-state index contributed by atoms with van der Waals surface area (Å²) in [5.41, 5.74) is 6.41. The topological polar surface area (TPSA) is 75.3 Å². The van der Waals surface area contributed by atoms with Gasteiger partial charge in [0.2, 0.25) is 0 Å². The number of hydrogen-bond acceptors (Lipinski definition) is 5. The van der Waals surface area contributed by atoms with Gasteiger partial charge in [-0.1, -0.05) is 12.2 Å². The van der Waals surface area contributed by atoms with Gasteiger partial charge in [0.1, 0.15) is 16.6 Å². The van der Waals surface area contributed by atoms with E-state index in [0.29, 0.717) is 16.4 Å². The van der Waals surface area contributed by atoms with Gasteiger partial charge in [-0.05, 0) is 20.3 Å². The first-order valence-electron chi connectivity index (χ1n) is 6.05. The van der Waals surface area contributed by atoms with Crippen LogP contribution in [0.1, 0.15) is 24.7 Å². The summed E-state index contributed by atoms with van der Waals surface area (Å²) in [7, 11) is 0. The minimum Gasteiger partial charge on any atom is -0.393 e. The average molecular weight is 266 g/mol. The third kappa shape index (κ3) is 2.59. The molecule has 3 N–H and O–H groups in total. The molecule has 1 saturated heterocycles. The number of rotatable bonds is 3. The van der Waals surface area contributed by atoms with Gasteiger partial charge in [-0.2, -0.15) is 0 Å². The Morgan fingerprint density at radius 3 is 2.94 bits per heavy atom. The van der Waals surface area contributed by atoms with E-state index < -0.39 is 0 Å². The molecule has 0 spiro atoms. The molecule has 1 fully saturated rings. The van der Waals surface area contributed by atoms with Crippen LogP contribution in [-0.2, 0) is 0 Å². The Morgan fingerprint density at radius 2 is 2.39 bits per heavy atom. The first-order valence-corrected chi connectivity index (χ1v) is 6.46. The quantitative estimate of drug-likeness (QED) is 0.782. The highest BCUT2D eigenvalue weighted by atomic mass is 32.1. The highest BCUT2D eigenvalue weighted by Gasteiger charge is 2.28. The van der Waals surface area contributed by atoms with Crippen molar-refractivity contribution < 1.29 is 5.11 Å². The van der Waals surface area contributed by atoms with E-state index in [2.05, 4.69) is 14.9 Å². The number of aliphatic hydroxyl groups excluding tert-OH is 1. The molecule has 1 aromatic heterocycles. The van der Waals surface area contributed by atoms with Gasteiger partial charge in [-0.25, -0.2) is 9.97 Å². The van der Waals surface area contributed by atoms with Crippen LogP contribution in [0, 0.1) is 12.8 Å². The van der Waals surface area contributed by atoms with Gasteiger partial charge in [0.15, 0.2) is 0 Å². The lowest BCUT2D eigenvalue weighted by atomic mass is 10.0. The van der Waals surface area contributed by atoms with Crippen LogP contribution in [0.5, 0.6) is 0 Å². The molecule has 2 heterocycles. The zero-order valence-corrected chi connectivity index (χ0v) is 11.4. The van der Waals surface area contributed by atoms with Gasteiger partial charge < -0.3 is 15.7 Å². The van der Waals surface area contributed by atoms with Gasteiger partial charge >= 0.3 is 0 Å². The lowest BCUT2D eigenvalue weighted by Crippen LogP contribution is -2.27. The van der Waals surface area contributed by atoms with Gasteiger partial charge in [0.05, 0.1) is 11.7 Å². The molecule has 98 valence electrons. The summed E-state index contributed by atoms with van der Waals surface area (Å²) < 4.78 is 0. The Morgan fingerprint density at radius 1 is 1.67 bits per heavy atom. The largest absolute Gasteiger partial charge is 0.393 e. The molecule has 1 aromatic rings. The Kier molecular flexibility index (Phi) is 3.77. The predicted octanol–water partition coefficient (Wildman–Crippen LogP) is 0.626. The van der Waals surface area contributed by atoms with Crippen molar-refractivity contribution >= 4 is 23.0 Å². The van der Waals surface area contributed by atoms with Crippen LogP contribution >= 0.6 is 12.2 Å². The summed E-state index contributed by atoms with van der Waals surface area (Å²) in [6, 6.07) is 0. The summed E-state index contributed by atoms with van der Waals surface area (Å²) in [6.45, 7) is 5.31. The van der Waals surface area contributed by atoms with Gasteiger partial charge in [-0.3, -0.25) is 0 Å². The van der Waals surface area contributed by atoms with E-state index in [9.17, 15) is 5.11 Å². The van der Waals surface area contributed by atoms with Crippen molar-refractivity contribution in [1.82, 2.24) is 9.97 Å². The van der Waals surface area contributed by atoms with Gasteiger partial charge in [0.25, 0.3) is 0 Å². The minimum absolute atomic E-state index is 0.277. The van der Waals surface area contributed by atoms with Crippen LogP contribution in [0.2, 0.25) is 0 Å².